The van der Waals surface area contributed by atoms with Crippen LogP contribution in [0.4, 0.5) is 0 Å². The van der Waals surface area contributed by atoms with Gasteiger partial charge in [-0.3, -0.25) is 0 Å². The molecule has 18 heavy (non-hydrogen) atoms. The third-order valence-electron chi connectivity index (χ3n) is 3.69. The second-order valence-corrected chi connectivity index (χ2v) is 7.27. The standard InChI is InChI=1S/C15H19NS2/c1-10-13-5-3-4-6-14(13)18-15(10)11(2)16-12-7-8-17-9-12/h3-6,11-12,16H,7-9H2,1-2H3. The van der Waals surface area contributed by atoms with Crippen molar-refractivity contribution in [1.29, 1.82) is 0 Å². The van der Waals surface area contributed by atoms with Crippen LogP contribution in [0.5, 0.6) is 0 Å². The normalized spacial score (nSPS) is 21.6. The van der Waals surface area contributed by atoms with Gasteiger partial charge in [-0.15, -0.1) is 11.3 Å². The zero-order valence-electron chi connectivity index (χ0n) is 10.9. The molecule has 0 saturated carbocycles. The first kappa shape index (κ1) is 12.5. The van der Waals surface area contributed by atoms with Gasteiger partial charge in [-0.25, -0.2) is 0 Å². The van der Waals surface area contributed by atoms with Crippen LogP contribution in [0.1, 0.15) is 29.8 Å². The summed E-state index contributed by atoms with van der Waals surface area (Å²) in [5, 5.41) is 5.21. The first-order valence-electron chi connectivity index (χ1n) is 6.57. The van der Waals surface area contributed by atoms with Crippen molar-refractivity contribution in [2.45, 2.75) is 32.4 Å². The van der Waals surface area contributed by atoms with Crippen LogP contribution in [0.2, 0.25) is 0 Å². The Balaban J connectivity index is 1.86. The second kappa shape index (κ2) is 5.24. The van der Waals surface area contributed by atoms with Crippen molar-refractivity contribution >= 4 is 33.2 Å². The van der Waals surface area contributed by atoms with Crippen LogP contribution in [0.25, 0.3) is 10.1 Å². The van der Waals surface area contributed by atoms with Gasteiger partial charge in [-0.2, -0.15) is 11.8 Å². The molecule has 1 fully saturated rings. The Morgan fingerprint density at radius 3 is 2.89 bits per heavy atom. The molecule has 1 aliphatic heterocycles. The van der Waals surface area contributed by atoms with Gasteiger partial charge in [0.05, 0.1) is 0 Å². The van der Waals surface area contributed by atoms with Crippen LogP contribution in [0.3, 0.4) is 0 Å². The Kier molecular flexibility index (Phi) is 3.64. The van der Waals surface area contributed by atoms with Crippen LogP contribution in [-0.4, -0.2) is 17.5 Å². The van der Waals surface area contributed by atoms with Gasteiger partial charge in [0.2, 0.25) is 0 Å². The minimum absolute atomic E-state index is 0.478. The Hall–Kier alpha value is -0.510. The maximum atomic E-state index is 3.79. The molecule has 2 aromatic rings. The average Bonchev–Trinajstić information content (AvgIpc) is 2.98. The van der Waals surface area contributed by atoms with E-state index in [4.69, 9.17) is 0 Å². The minimum Gasteiger partial charge on any atom is -0.306 e. The van der Waals surface area contributed by atoms with Crippen LogP contribution in [-0.2, 0) is 0 Å². The molecule has 3 heteroatoms. The van der Waals surface area contributed by atoms with Gasteiger partial charge in [0.1, 0.15) is 0 Å². The molecule has 2 atom stereocenters. The van der Waals surface area contributed by atoms with Crippen molar-refractivity contribution in [1.82, 2.24) is 5.32 Å². The highest BCUT2D eigenvalue weighted by Crippen LogP contribution is 2.35. The van der Waals surface area contributed by atoms with E-state index in [-0.39, 0.29) is 0 Å². The van der Waals surface area contributed by atoms with Crippen LogP contribution in [0.15, 0.2) is 24.3 Å². The summed E-state index contributed by atoms with van der Waals surface area (Å²) in [6, 6.07) is 9.92. The molecule has 0 aliphatic carbocycles. The van der Waals surface area contributed by atoms with E-state index in [0.717, 1.165) is 0 Å². The van der Waals surface area contributed by atoms with Crippen molar-refractivity contribution in [3.63, 3.8) is 0 Å². The molecule has 0 radical (unpaired) electrons. The highest BCUT2D eigenvalue weighted by atomic mass is 32.2. The van der Waals surface area contributed by atoms with E-state index in [9.17, 15) is 0 Å². The fraction of sp³-hybridized carbons (Fsp3) is 0.467. The quantitative estimate of drug-likeness (QED) is 0.894. The van der Waals surface area contributed by atoms with Gasteiger partial charge >= 0.3 is 0 Å². The first-order chi connectivity index (χ1) is 8.75. The smallest absolute Gasteiger partial charge is 0.0391 e. The number of hydrogen-bond acceptors (Lipinski definition) is 3. The number of thiophene rings is 1. The van der Waals surface area contributed by atoms with E-state index in [1.165, 1.54) is 38.5 Å². The number of rotatable bonds is 3. The molecule has 2 unspecified atom stereocenters. The lowest BCUT2D eigenvalue weighted by Crippen LogP contribution is -2.31. The Morgan fingerprint density at radius 2 is 2.17 bits per heavy atom. The Bertz CT molecular complexity index is 540. The molecule has 1 aromatic heterocycles. The number of benzene rings is 1. The third kappa shape index (κ3) is 2.31. The van der Waals surface area contributed by atoms with E-state index in [2.05, 4.69) is 55.2 Å². The summed E-state index contributed by atoms with van der Waals surface area (Å²) in [5.41, 5.74) is 1.46. The maximum absolute atomic E-state index is 3.79. The molecule has 1 saturated heterocycles. The van der Waals surface area contributed by atoms with Crippen LogP contribution >= 0.6 is 23.1 Å². The van der Waals surface area contributed by atoms with E-state index in [1.54, 1.807) is 0 Å². The Labute approximate surface area is 117 Å². The molecular weight excluding hydrogens is 258 g/mol. The largest absolute Gasteiger partial charge is 0.306 e. The van der Waals surface area contributed by atoms with Gasteiger partial charge in [-0.05, 0) is 43.0 Å². The molecule has 1 N–H and O–H groups in total. The van der Waals surface area contributed by atoms with E-state index >= 15 is 0 Å². The van der Waals surface area contributed by atoms with Crippen molar-refractivity contribution in [3.05, 3.63) is 34.7 Å². The van der Waals surface area contributed by atoms with Crippen LogP contribution < -0.4 is 5.32 Å². The van der Waals surface area contributed by atoms with E-state index < -0.39 is 0 Å². The van der Waals surface area contributed by atoms with Gasteiger partial charge in [0, 0.05) is 27.4 Å². The van der Waals surface area contributed by atoms with Crippen molar-refractivity contribution in [2.24, 2.45) is 0 Å². The number of fused-ring (bicyclic) bond motifs is 1. The lowest BCUT2D eigenvalue weighted by molar-refractivity contribution is 0.490. The lowest BCUT2D eigenvalue weighted by Gasteiger charge is -2.18. The van der Waals surface area contributed by atoms with Crippen LogP contribution in [0, 0.1) is 6.92 Å². The SMILES string of the molecule is Cc1c(C(C)NC2CCSC2)sc2ccccc12. The predicted octanol–water partition coefficient (Wildman–Crippen LogP) is 4.37. The summed E-state index contributed by atoms with van der Waals surface area (Å²) in [7, 11) is 0. The van der Waals surface area contributed by atoms with Gasteiger partial charge < -0.3 is 5.32 Å². The minimum atomic E-state index is 0.478. The summed E-state index contributed by atoms with van der Waals surface area (Å²) in [4.78, 5) is 1.51. The summed E-state index contributed by atoms with van der Waals surface area (Å²) in [6.45, 7) is 4.57. The third-order valence-corrected chi connectivity index (χ3v) is 6.31. The van der Waals surface area contributed by atoms with Gasteiger partial charge in [0.25, 0.3) is 0 Å². The molecule has 2 heterocycles. The number of thioether (sulfide) groups is 1. The fourth-order valence-corrected chi connectivity index (χ4v) is 5.09. The number of nitrogens with one attached hydrogen (secondary N) is 1. The zero-order chi connectivity index (χ0) is 12.5. The molecular formula is C15H19NS2. The van der Waals surface area contributed by atoms with Crippen molar-refractivity contribution in [3.8, 4) is 0 Å². The molecule has 1 nitrogen and oxygen atoms in total. The highest BCUT2D eigenvalue weighted by Gasteiger charge is 2.20. The van der Waals surface area contributed by atoms with E-state index in [0.29, 0.717) is 12.1 Å². The average molecular weight is 277 g/mol. The number of aryl methyl sites for hydroxylation is 1. The zero-order valence-corrected chi connectivity index (χ0v) is 12.5. The monoisotopic (exact) mass is 277 g/mol. The summed E-state index contributed by atoms with van der Waals surface area (Å²) < 4.78 is 1.42. The molecule has 96 valence electrons. The van der Waals surface area contributed by atoms with Crippen molar-refractivity contribution in [2.75, 3.05) is 11.5 Å². The summed E-state index contributed by atoms with van der Waals surface area (Å²) in [6.07, 6.45) is 1.32. The van der Waals surface area contributed by atoms with Crippen molar-refractivity contribution < 1.29 is 0 Å². The summed E-state index contributed by atoms with van der Waals surface area (Å²) in [5.74, 6) is 2.59. The summed E-state index contributed by atoms with van der Waals surface area (Å²) >= 11 is 4.02. The predicted molar refractivity (Wildman–Crippen MR) is 83.8 cm³/mol. The van der Waals surface area contributed by atoms with Gasteiger partial charge in [0.15, 0.2) is 0 Å². The first-order valence-corrected chi connectivity index (χ1v) is 8.54. The van der Waals surface area contributed by atoms with E-state index in [1.807, 2.05) is 11.3 Å². The molecule has 0 bridgehead atoms. The van der Waals surface area contributed by atoms with Gasteiger partial charge in [-0.1, -0.05) is 18.2 Å². The highest BCUT2D eigenvalue weighted by molar-refractivity contribution is 7.99. The lowest BCUT2D eigenvalue weighted by atomic mass is 10.1. The number of hydrogen-bond donors (Lipinski definition) is 1. The topological polar surface area (TPSA) is 12.0 Å². The molecule has 0 spiro atoms. The maximum Gasteiger partial charge on any atom is 0.0391 e. The Morgan fingerprint density at radius 1 is 1.33 bits per heavy atom. The molecule has 3 rings (SSSR count). The fourth-order valence-electron chi connectivity index (χ4n) is 2.70. The molecule has 0 amide bonds. The molecule has 1 aromatic carbocycles. The second-order valence-electron chi connectivity index (χ2n) is 5.04. The molecule has 1 aliphatic rings.